The number of thiazole rings is 1. The predicted molar refractivity (Wildman–Crippen MR) is 83.2 cm³/mol. The van der Waals surface area contributed by atoms with Gasteiger partial charge in [-0.15, -0.1) is 11.3 Å². The van der Waals surface area contributed by atoms with Gasteiger partial charge >= 0.3 is 6.18 Å². The van der Waals surface area contributed by atoms with Crippen molar-refractivity contribution in [3.05, 3.63) is 58.9 Å². The molecule has 0 atom stereocenters. The largest absolute Gasteiger partial charge is 0.417 e. The highest BCUT2D eigenvalue weighted by atomic mass is 32.1. The summed E-state index contributed by atoms with van der Waals surface area (Å²) in [5.74, 6) is 0. The minimum Gasteiger partial charge on any atom is -0.349 e. The lowest BCUT2D eigenvalue weighted by atomic mass is 10.1. The van der Waals surface area contributed by atoms with Crippen LogP contribution in [0.1, 0.15) is 5.01 Å². The number of likely N-dealkylation sites (N-methyl/N-ethyl adjacent to an activating group) is 1. The van der Waals surface area contributed by atoms with Crippen molar-refractivity contribution < 1.29 is 13.2 Å². The van der Waals surface area contributed by atoms with Crippen LogP contribution in [0.3, 0.4) is 0 Å². The molecule has 1 aliphatic rings. The maximum absolute atomic E-state index is 12.7. The zero-order chi connectivity index (χ0) is 16.6. The van der Waals surface area contributed by atoms with Crippen molar-refractivity contribution in [2.75, 3.05) is 7.05 Å². The molecule has 7 heteroatoms. The van der Waals surface area contributed by atoms with Gasteiger partial charge in [-0.25, -0.2) is 4.98 Å². The molecule has 2 aromatic rings. The number of alkyl halides is 3. The van der Waals surface area contributed by atoms with Crippen LogP contribution in [0.25, 0.3) is 15.8 Å². The summed E-state index contributed by atoms with van der Waals surface area (Å²) in [5, 5.41) is 9.95. The van der Waals surface area contributed by atoms with E-state index in [1.165, 1.54) is 29.4 Å². The van der Waals surface area contributed by atoms with Crippen LogP contribution < -0.4 is 0 Å². The Balaban J connectivity index is 2.07. The number of allylic oxidation sites excluding steroid dienone is 4. The van der Waals surface area contributed by atoms with E-state index in [4.69, 9.17) is 0 Å². The number of benzene rings is 1. The molecule has 0 aliphatic carbocycles. The molecule has 0 saturated heterocycles. The van der Waals surface area contributed by atoms with E-state index in [0.29, 0.717) is 10.7 Å². The Labute approximate surface area is 134 Å². The number of nitriles is 1. The highest BCUT2D eigenvalue weighted by molar-refractivity contribution is 7.19. The van der Waals surface area contributed by atoms with E-state index in [-0.39, 0.29) is 5.57 Å². The Bertz CT molecular complexity index is 864. The summed E-state index contributed by atoms with van der Waals surface area (Å²) in [4.78, 5) is 5.70. The minimum absolute atomic E-state index is 0.252. The number of aromatic nitrogens is 1. The molecule has 0 radical (unpaired) electrons. The summed E-state index contributed by atoms with van der Waals surface area (Å²) in [6.45, 7) is 0. The van der Waals surface area contributed by atoms with Gasteiger partial charge in [0.25, 0.3) is 0 Å². The van der Waals surface area contributed by atoms with Crippen molar-refractivity contribution in [2.24, 2.45) is 0 Å². The fourth-order valence-electron chi connectivity index (χ4n) is 2.23. The van der Waals surface area contributed by atoms with Crippen LogP contribution >= 0.6 is 11.3 Å². The van der Waals surface area contributed by atoms with Crippen LogP contribution in [-0.2, 0) is 0 Å². The number of nitrogens with zero attached hydrogens (tertiary/aromatic N) is 3. The van der Waals surface area contributed by atoms with E-state index in [0.717, 1.165) is 22.5 Å². The van der Waals surface area contributed by atoms with Gasteiger partial charge < -0.3 is 4.90 Å². The summed E-state index contributed by atoms with van der Waals surface area (Å²) in [6, 6.07) is 9.49. The van der Waals surface area contributed by atoms with E-state index < -0.39 is 11.7 Å². The first-order valence-electron chi connectivity index (χ1n) is 6.60. The van der Waals surface area contributed by atoms with Gasteiger partial charge in [0.2, 0.25) is 0 Å². The molecule has 1 aromatic carbocycles. The van der Waals surface area contributed by atoms with Crippen LogP contribution in [0.2, 0.25) is 0 Å². The molecular formula is C16H10F3N3S. The maximum atomic E-state index is 12.7. The molecule has 3 nitrogen and oxygen atoms in total. The molecule has 3 rings (SSSR count). The first kappa shape index (κ1) is 15.3. The predicted octanol–water partition coefficient (Wildman–Crippen LogP) is 4.48. The SMILES string of the molecule is CN1C=C(C(F)(F)F)C=C/C1=C(\C#N)c1nc2ccccc2s1. The minimum atomic E-state index is -4.42. The van der Waals surface area contributed by atoms with Gasteiger partial charge in [0, 0.05) is 13.2 Å². The highest BCUT2D eigenvalue weighted by Gasteiger charge is 2.34. The zero-order valence-electron chi connectivity index (χ0n) is 11.9. The Hall–Kier alpha value is -2.59. The lowest BCUT2D eigenvalue weighted by Crippen LogP contribution is -2.20. The quantitative estimate of drug-likeness (QED) is 0.723. The fourth-order valence-corrected chi connectivity index (χ4v) is 3.20. The normalized spacial score (nSPS) is 17.2. The molecule has 1 aliphatic heterocycles. The smallest absolute Gasteiger partial charge is 0.349 e. The summed E-state index contributed by atoms with van der Waals surface area (Å²) in [7, 11) is 1.48. The lowest BCUT2D eigenvalue weighted by molar-refractivity contribution is -0.0892. The van der Waals surface area contributed by atoms with Crippen LogP contribution in [0, 0.1) is 11.3 Å². The number of para-hydroxylation sites is 1. The third kappa shape index (κ3) is 2.85. The number of hydrogen-bond donors (Lipinski definition) is 0. The molecule has 116 valence electrons. The van der Waals surface area contributed by atoms with Gasteiger partial charge in [-0.3, -0.25) is 0 Å². The van der Waals surface area contributed by atoms with Gasteiger partial charge in [-0.1, -0.05) is 12.1 Å². The van der Waals surface area contributed by atoms with Crippen molar-refractivity contribution >= 4 is 27.1 Å². The summed E-state index contributed by atoms with van der Waals surface area (Å²) >= 11 is 1.34. The second kappa shape index (κ2) is 5.56. The highest BCUT2D eigenvalue weighted by Crippen LogP contribution is 2.34. The Kier molecular flexibility index (Phi) is 3.70. The number of fused-ring (bicyclic) bond motifs is 1. The van der Waals surface area contributed by atoms with Crippen LogP contribution in [0.4, 0.5) is 13.2 Å². The van der Waals surface area contributed by atoms with Crippen molar-refractivity contribution in [3.8, 4) is 6.07 Å². The summed E-state index contributed by atoms with van der Waals surface area (Å²) < 4.78 is 39.2. The molecule has 0 spiro atoms. The molecule has 0 N–H and O–H groups in total. The molecule has 0 saturated carbocycles. The second-order valence-corrected chi connectivity index (χ2v) is 5.92. The number of hydrogen-bond acceptors (Lipinski definition) is 4. The molecule has 23 heavy (non-hydrogen) atoms. The maximum Gasteiger partial charge on any atom is 0.417 e. The summed E-state index contributed by atoms with van der Waals surface area (Å²) in [5.41, 5.74) is 0.641. The van der Waals surface area contributed by atoms with E-state index in [2.05, 4.69) is 11.1 Å². The monoisotopic (exact) mass is 333 g/mol. The van der Waals surface area contributed by atoms with Gasteiger partial charge in [0.1, 0.15) is 16.6 Å². The van der Waals surface area contributed by atoms with E-state index >= 15 is 0 Å². The van der Waals surface area contributed by atoms with Gasteiger partial charge in [0.05, 0.1) is 21.5 Å². The van der Waals surface area contributed by atoms with Crippen LogP contribution in [-0.4, -0.2) is 23.1 Å². The van der Waals surface area contributed by atoms with Crippen molar-refractivity contribution in [2.45, 2.75) is 6.18 Å². The molecule has 1 aromatic heterocycles. The molecule has 0 amide bonds. The van der Waals surface area contributed by atoms with Crippen molar-refractivity contribution in [1.82, 2.24) is 9.88 Å². The Morgan fingerprint density at radius 2 is 2.00 bits per heavy atom. The second-order valence-electron chi connectivity index (χ2n) is 4.89. The molecule has 0 fully saturated rings. The van der Waals surface area contributed by atoms with Gasteiger partial charge in [-0.05, 0) is 24.3 Å². The average molecular weight is 333 g/mol. The third-order valence-electron chi connectivity index (χ3n) is 3.34. The van der Waals surface area contributed by atoms with E-state index in [1.807, 2.05) is 24.3 Å². The number of rotatable bonds is 1. The van der Waals surface area contributed by atoms with Crippen molar-refractivity contribution in [1.29, 1.82) is 5.26 Å². The number of halogens is 3. The zero-order valence-corrected chi connectivity index (χ0v) is 12.7. The van der Waals surface area contributed by atoms with Crippen LogP contribution in [0.5, 0.6) is 0 Å². The first-order valence-corrected chi connectivity index (χ1v) is 7.42. The Morgan fingerprint density at radius 1 is 1.26 bits per heavy atom. The van der Waals surface area contributed by atoms with E-state index in [9.17, 15) is 18.4 Å². The topological polar surface area (TPSA) is 39.9 Å². The summed E-state index contributed by atoms with van der Waals surface area (Å²) in [6.07, 6.45) is -1.17. The van der Waals surface area contributed by atoms with Crippen LogP contribution in [0.15, 0.2) is 53.9 Å². The van der Waals surface area contributed by atoms with E-state index in [1.54, 1.807) is 0 Å². The standard InChI is InChI=1S/C16H10F3N3S/c1-22-9-10(16(17,18)19)6-7-13(22)11(8-20)15-21-12-4-2-3-5-14(12)23-15/h2-7,9H,1H3/b13-11-. The third-order valence-corrected chi connectivity index (χ3v) is 4.39. The van der Waals surface area contributed by atoms with Crippen molar-refractivity contribution in [3.63, 3.8) is 0 Å². The lowest BCUT2D eigenvalue weighted by Gasteiger charge is -2.23. The van der Waals surface area contributed by atoms with Gasteiger partial charge in [0.15, 0.2) is 0 Å². The molecule has 2 heterocycles. The molecular weight excluding hydrogens is 323 g/mol. The fraction of sp³-hybridized carbons (Fsp3) is 0.125. The molecule has 0 bridgehead atoms. The Morgan fingerprint density at radius 3 is 2.61 bits per heavy atom. The average Bonchev–Trinajstić information content (AvgIpc) is 2.92. The van der Waals surface area contributed by atoms with Gasteiger partial charge in [-0.2, -0.15) is 18.4 Å². The molecule has 0 unspecified atom stereocenters. The first-order chi connectivity index (χ1) is 10.9.